The van der Waals surface area contributed by atoms with Gasteiger partial charge in [-0.3, -0.25) is 9.78 Å². The van der Waals surface area contributed by atoms with Crippen molar-refractivity contribution in [3.8, 4) is 5.75 Å². The van der Waals surface area contributed by atoms with Gasteiger partial charge in [0.25, 0.3) is 0 Å². The fourth-order valence-electron chi connectivity index (χ4n) is 0.863. The molecule has 0 aliphatic carbocycles. The van der Waals surface area contributed by atoms with Gasteiger partial charge in [0.05, 0.1) is 6.20 Å². The molecule has 0 unspecified atom stereocenters. The Hall–Kier alpha value is -1.59. The fraction of sp³-hybridized carbons (Fsp3) is 0.143. The molecule has 0 radical (unpaired) electrons. The van der Waals surface area contributed by atoms with Gasteiger partial charge in [-0.25, -0.2) is 0 Å². The number of aldehydes is 1. The van der Waals surface area contributed by atoms with Crippen LogP contribution in [0.5, 0.6) is 5.75 Å². The number of nitrogens with zero attached hydrogens (tertiary/aromatic N) is 1. The molecule has 0 amide bonds. The van der Waals surface area contributed by atoms with Crippen LogP contribution < -0.4 is 0 Å². The summed E-state index contributed by atoms with van der Waals surface area (Å²) in [5.41, 5.74) is -2.02. The lowest BCUT2D eigenvalue weighted by molar-refractivity contribution is -0.139. The highest BCUT2D eigenvalue weighted by Crippen LogP contribution is 2.36. The van der Waals surface area contributed by atoms with Crippen LogP contribution >= 0.6 is 0 Å². The van der Waals surface area contributed by atoms with Crippen LogP contribution in [0.25, 0.3) is 0 Å². The summed E-state index contributed by atoms with van der Waals surface area (Å²) in [6.07, 6.45) is -3.37. The Balaban J connectivity index is 3.40. The van der Waals surface area contributed by atoms with Crippen molar-refractivity contribution < 1.29 is 23.1 Å². The average molecular weight is 191 g/mol. The van der Waals surface area contributed by atoms with Crippen molar-refractivity contribution in [2.75, 3.05) is 0 Å². The largest absolute Gasteiger partial charge is 0.506 e. The molecule has 1 heterocycles. The van der Waals surface area contributed by atoms with Crippen molar-refractivity contribution in [1.29, 1.82) is 0 Å². The Labute approximate surface area is 70.8 Å². The summed E-state index contributed by atoms with van der Waals surface area (Å²) in [7, 11) is 0. The minimum Gasteiger partial charge on any atom is -0.506 e. The molecule has 1 aromatic heterocycles. The Morgan fingerprint density at radius 1 is 1.38 bits per heavy atom. The molecule has 0 aromatic carbocycles. The highest BCUT2D eigenvalue weighted by molar-refractivity contribution is 5.78. The molecule has 0 aliphatic heterocycles. The summed E-state index contributed by atoms with van der Waals surface area (Å²) in [5, 5.41) is 8.82. The van der Waals surface area contributed by atoms with Crippen LogP contribution in [0.2, 0.25) is 0 Å². The molecule has 0 aliphatic rings. The van der Waals surface area contributed by atoms with Crippen molar-refractivity contribution in [1.82, 2.24) is 4.98 Å². The van der Waals surface area contributed by atoms with E-state index in [1.54, 1.807) is 0 Å². The first-order valence-corrected chi connectivity index (χ1v) is 3.16. The summed E-state index contributed by atoms with van der Waals surface area (Å²) in [6.45, 7) is 0. The maximum atomic E-state index is 12.1. The highest BCUT2D eigenvalue weighted by Gasteiger charge is 2.36. The van der Waals surface area contributed by atoms with E-state index in [1.807, 2.05) is 0 Å². The SMILES string of the molecule is O=Cc1cncc(O)c1C(F)(F)F. The lowest BCUT2D eigenvalue weighted by Gasteiger charge is -2.09. The molecule has 70 valence electrons. The van der Waals surface area contributed by atoms with Crippen LogP contribution in [0.15, 0.2) is 12.4 Å². The molecule has 0 saturated heterocycles. The molecule has 6 heteroatoms. The number of pyridine rings is 1. The zero-order valence-electron chi connectivity index (χ0n) is 6.17. The van der Waals surface area contributed by atoms with Gasteiger partial charge in [-0.2, -0.15) is 13.2 Å². The minimum atomic E-state index is -4.75. The van der Waals surface area contributed by atoms with E-state index >= 15 is 0 Å². The van der Waals surface area contributed by atoms with E-state index < -0.39 is 23.1 Å². The lowest BCUT2D eigenvalue weighted by atomic mass is 10.1. The monoisotopic (exact) mass is 191 g/mol. The topological polar surface area (TPSA) is 50.2 Å². The number of alkyl halides is 3. The van der Waals surface area contributed by atoms with E-state index in [0.717, 1.165) is 6.20 Å². The molecular weight excluding hydrogens is 187 g/mol. The van der Waals surface area contributed by atoms with Crippen LogP contribution in [-0.4, -0.2) is 16.4 Å². The molecule has 0 saturated carbocycles. The number of rotatable bonds is 1. The Morgan fingerprint density at radius 2 is 2.00 bits per heavy atom. The predicted molar refractivity (Wildman–Crippen MR) is 36.3 cm³/mol. The zero-order chi connectivity index (χ0) is 10.1. The summed E-state index contributed by atoms with van der Waals surface area (Å²) < 4.78 is 36.4. The van der Waals surface area contributed by atoms with Crippen molar-refractivity contribution in [2.24, 2.45) is 0 Å². The highest BCUT2D eigenvalue weighted by atomic mass is 19.4. The molecule has 1 rings (SSSR count). The maximum Gasteiger partial charge on any atom is 0.420 e. The van der Waals surface area contributed by atoms with Crippen LogP contribution in [0.1, 0.15) is 15.9 Å². The summed E-state index contributed by atoms with van der Waals surface area (Å²) in [5.74, 6) is -1.04. The van der Waals surface area contributed by atoms with Crippen molar-refractivity contribution in [3.05, 3.63) is 23.5 Å². The normalized spacial score (nSPS) is 11.3. The molecule has 0 spiro atoms. The predicted octanol–water partition coefficient (Wildman–Crippen LogP) is 1.62. The van der Waals surface area contributed by atoms with Gasteiger partial charge in [0.15, 0.2) is 6.29 Å². The first-order valence-electron chi connectivity index (χ1n) is 3.16. The number of aromatic nitrogens is 1. The van der Waals surface area contributed by atoms with E-state index in [1.165, 1.54) is 0 Å². The fourth-order valence-corrected chi connectivity index (χ4v) is 0.863. The van der Waals surface area contributed by atoms with Crippen molar-refractivity contribution in [2.45, 2.75) is 6.18 Å². The number of hydrogen-bond donors (Lipinski definition) is 1. The quantitative estimate of drug-likeness (QED) is 0.686. The van der Waals surface area contributed by atoms with Crippen molar-refractivity contribution in [3.63, 3.8) is 0 Å². The molecule has 3 nitrogen and oxygen atoms in total. The third-order valence-electron chi connectivity index (χ3n) is 1.37. The summed E-state index contributed by atoms with van der Waals surface area (Å²) in [6, 6.07) is 0. The van der Waals surface area contributed by atoms with Gasteiger partial charge in [0, 0.05) is 11.8 Å². The first kappa shape index (κ1) is 9.50. The second kappa shape index (κ2) is 3.04. The molecule has 0 bridgehead atoms. The van der Waals surface area contributed by atoms with Crippen LogP contribution in [0.3, 0.4) is 0 Å². The van der Waals surface area contributed by atoms with Gasteiger partial charge >= 0.3 is 6.18 Å². The van der Waals surface area contributed by atoms with Crippen molar-refractivity contribution >= 4 is 6.29 Å². The van der Waals surface area contributed by atoms with Gasteiger partial charge in [-0.1, -0.05) is 0 Å². The van der Waals surface area contributed by atoms with Gasteiger partial charge in [-0.15, -0.1) is 0 Å². The molecule has 13 heavy (non-hydrogen) atoms. The second-order valence-electron chi connectivity index (χ2n) is 2.24. The number of aromatic hydroxyl groups is 1. The zero-order valence-corrected chi connectivity index (χ0v) is 6.17. The number of halogens is 3. The van der Waals surface area contributed by atoms with E-state index in [0.29, 0.717) is 6.20 Å². The van der Waals surface area contributed by atoms with E-state index in [-0.39, 0.29) is 6.29 Å². The van der Waals surface area contributed by atoms with E-state index in [4.69, 9.17) is 5.11 Å². The van der Waals surface area contributed by atoms with Gasteiger partial charge < -0.3 is 5.11 Å². The van der Waals surface area contributed by atoms with Crippen LogP contribution in [0, 0.1) is 0 Å². The van der Waals surface area contributed by atoms with Gasteiger partial charge in [0.2, 0.25) is 0 Å². The van der Waals surface area contributed by atoms with Crippen LogP contribution in [-0.2, 0) is 6.18 Å². The molecule has 0 atom stereocenters. The maximum absolute atomic E-state index is 12.1. The minimum absolute atomic E-state index is 0.00442. The lowest BCUT2D eigenvalue weighted by Crippen LogP contribution is -2.09. The Kier molecular flexibility index (Phi) is 2.22. The standard InChI is InChI=1S/C7H4F3NO2/c8-7(9,10)6-4(3-12)1-11-2-5(6)13/h1-3,13H. The Morgan fingerprint density at radius 3 is 2.38 bits per heavy atom. The first-order chi connectivity index (χ1) is 5.96. The summed E-state index contributed by atoms with van der Waals surface area (Å²) in [4.78, 5) is 13.4. The number of carbonyl (C=O) groups excluding carboxylic acids is 1. The third kappa shape index (κ3) is 1.77. The third-order valence-corrected chi connectivity index (χ3v) is 1.37. The number of hydrogen-bond acceptors (Lipinski definition) is 3. The number of carbonyl (C=O) groups is 1. The average Bonchev–Trinajstić information content (AvgIpc) is 2.01. The second-order valence-corrected chi connectivity index (χ2v) is 2.24. The Bertz CT molecular complexity index is 335. The van der Waals surface area contributed by atoms with Crippen LogP contribution in [0.4, 0.5) is 13.2 Å². The summed E-state index contributed by atoms with van der Waals surface area (Å²) >= 11 is 0. The molecular formula is C7H4F3NO2. The smallest absolute Gasteiger partial charge is 0.420 e. The van der Waals surface area contributed by atoms with Gasteiger partial charge in [0.1, 0.15) is 11.3 Å². The van der Waals surface area contributed by atoms with E-state index in [2.05, 4.69) is 4.98 Å². The van der Waals surface area contributed by atoms with E-state index in [9.17, 15) is 18.0 Å². The molecule has 1 N–H and O–H groups in total. The van der Waals surface area contributed by atoms with Gasteiger partial charge in [-0.05, 0) is 0 Å². The molecule has 1 aromatic rings. The molecule has 0 fully saturated rings.